The van der Waals surface area contributed by atoms with E-state index < -0.39 is 10.0 Å². The lowest BCUT2D eigenvalue weighted by Crippen LogP contribution is -2.14. The lowest BCUT2D eigenvalue weighted by molar-refractivity contribution is -0.115. The first-order valence-electron chi connectivity index (χ1n) is 10.2. The number of benzene rings is 4. The Morgan fingerprint density at radius 2 is 1.55 bits per heavy atom. The molecule has 0 heterocycles. The molecular weight excluding hydrogens is 476 g/mol. The van der Waals surface area contributed by atoms with Crippen LogP contribution < -0.4 is 10.0 Å². The summed E-state index contributed by atoms with van der Waals surface area (Å²) in [6.45, 7) is 0. The molecule has 1 amide bonds. The highest BCUT2D eigenvalue weighted by atomic mass is 35.5. The molecule has 0 saturated heterocycles. The van der Waals surface area contributed by atoms with Gasteiger partial charge in [-0.15, -0.1) is 11.8 Å². The summed E-state index contributed by atoms with van der Waals surface area (Å²) in [5.74, 6) is 0.482. The maximum Gasteiger partial charge on any atom is 0.261 e. The minimum atomic E-state index is -3.77. The molecule has 5 nitrogen and oxygen atoms in total. The second-order valence-corrected chi connectivity index (χ2v) is 10.5. The maximum absolute atomic E-state index is 12.9. The summed E-state index contributed by atoms with van der Waals surface area (Å²) < 4.78 is 28.4. The van der Waals surface area contributed by atoms with Crippen LogP contribution in [0.4, 0.5) is 11.4 Å². The van der Waals surface area contributed by atoms with Gasteiger partial charge in [0.05, 0.1) is 10.6 Å². The van der Waals surface area contributed by atoms with Gasteiger partial charge in [0.2, 0.25) is 5.91 Å². The molecule has 4 rings (SSSR count). The van der Waals surface area contributed by atoms with Gasteiger partial charge in [-0.05, 0) is 60.0 Å². The average Bonchev–Trinajstić information content (AvgIpc) is 2.81. The van der Waals surface area contributed by atoms with Gasteiger partial charge in [-0.1, -0.05) is 48.0 Å². The predicted molar refractivity (Wildman–Crippen MR) is 137 cm³/mol. The van der Waals surface area contributed by atoms with Gasteiger partial charge in [0.15, 0.2) is 0 Å². The van der Waals surface area contributed by atoms with Gasteiger partial charge in [-0.2, -0.15) is 0 Å². The molecular formula is C25H21ClN2O3S2. The molecule has 0 spiro atoms. The van der Waals surface area contributed by atoms with E-state index >= 15 is 0 Å². The van der Waals surface area contributed by atoms with Crippen molar-refractivity contribution in [2.45, 2.75) is 16.2 Å². The second-order valence-electron chi connectivity index (χ2n) is 7.26. The number of nitrogens with one attached hydrogen (secondary N) is 2. The zero-order chi connectivity index (χ0) is 23.3. The first-order chi connectivity index (χ1) is 15.9. The highest BCUT2D eigenvalue weighted by Gasteiger charge is 2.15. The summed E-state index contributed by atoms with van der Waals surface area (Å²) in [6, 6.07) is 26.6. The number of carbonyl (C=O) groups excluding carboxylic acids is 1. The number of rotatable bonds is 8. The Kier molecular flexibility index (Phi) is 7.23. The van der Waals surface area contributed by atoms with Crippen LogP contribution in [0.2, 0.25) is 5.02 Å². The third-order valence-electron chi connectivity index (χ3n) is 4.89. The van der Waals surface area contributed by atoms with E-state index in [9.17, 15) is 13.2 Å². The molecule has 8 heteroatoms. The molecule has 0 atom stereocenters. The predicted octanol–water partition coefficient (Wildman–Crippen LogP) is 6.41. The van der Waals surface area contributed by atoms with Crippen molar-refractivity contribution in [2.24, 2.45) is 0 Å². The molecule has 0 aliphatic rings. The molecule has 4 aromatic rings. The van der Waals surface area contributed by atoms with E-state index in [-0.39, 0.29) is 10.8 Å². The van der Waals surface area contributed by atoms with Crippen molar-refractivity contribution in [3.63, 3.8) is 0 Å². The van der Waals surface area contributed by atoms with E-state index in [2.05, 4.69) is 10.0 Å². The molecule has 0 aliphatic heterocycles. The topological polar surface area (TPSA) is 75.3 Å². The number of hydrogen-bond acceptors (Lipinski definition) is 4. The van der Waals surface area contributed by atoms with Crippen LogP contribution in [-0.2, 0) is 14.8 Å². The van der Waals surface area contributed by atoms with Crippen molar-refractivity contribution < 1.29 is 13.2 Å². The van der Waals surface area contributed by atoms with Gasteiger partial charge in [0.1, 0.15) is 0 Å². The Labute approximate surface area is 202 Å². The Hall–Kier alpha value is -3.00. The number of sulfonamides is 1. The highest BCUT2D eigenvalue weighted by molar-refractivity contribution is 7.99. The molecule has 4 aromatic carbocycles. The molecule has 168 valence electrons. The second kappa shape index (κ2) is 10.3. The van der Waals surface area contributed by atoms with Crippen molar-refractivity contribution in [1.82, 2.24) is 0 Å². The number of thioether (sulfide) groups is 1. The largest absolute Gasteiger partial charge is 0.326 e. The molecule has 0 saturated carbocycles. The number of fused-ring (bicyclic) bond motifs is 1. The van der Waals surface area contributed by atoms with Crippen LogP contribution in [0.1, 0.15) is 6.42 Å². The summed E-state index contributed by atoms with van der Waals surface area (Å²) in [6.07, 6.45) is 0.329. The number of carbonyl (C=O) groups is 1. The summed E-state index contributed by atoms with van der Waals surface area (Å²) in [4.78, 5) is 13.4. The zero-order valence-corrected chi connectivity index (χ0v) is 19.9. The van der Waals surface area contributed by atoms with E-state index in [1.165, 1.54) is 12.1 Å². The van der Waals surface area contributed by atoms with Gasteiger partial charge in [-0.25, -0.2) is 8.42 Å². The fourth-order valence-electron chi connectivity index (χ4n) is 3.25. The number of amides is 1. The van der Waals surface area contributed by atoms with Crippen LogP contribution >= 0.6 is 23.4 Å². The fourth-order valence-corrected chi connectivity index (χ4v) is 5.31. The molecule has 0 aromatic heterocycles. The van der Waals surface area contributed by atoms with E-state index in [4.69, 9.17) is 11.6 Å². The third kappa shape index (κ3) is 6.07. The van der Waals surface area contributed by atoms with Crippen molar-refractivity contribution in [3.05, 3.63) is 96.0 Å². The van der Waals surface area contributed by atoms with Crippen molar-refractivity contribution in [2.75, 3.05) is 15.8 Å². The van der Waals surface area contributed by atoms with Gasteiger partial charge < -0.3 is 5.32 Å². The third-order valence-corrected chi connectivity index (χ3v) is 7.54. The quantitative estimate of drug-likeness (QED) is 0.276. The SMILES string of the molecule is O=C(CCSc1ccc(Cl)cc1)Nc1ccc(S(=O)(=O)Nc2cccc3ccccc23)cc1. The Morgan fingerprint density at radius 3 is 2.30 bits per heavy atom. The Balaban J connectivity index is 1.35. The highest BCUT2D eigenvalue weighted by Crippen LogP contribution is 2.26. The molecule has 0 bridgehead atoms. The van der Waals surface area contributed by atoms with Gasteiger partial charge in [0, 0.05) is 33.2 Å². The van der Waals surface area contributed by atoms with Crippen LogP contribution in [0.25, 0.3) is 10.8 Å². The van der Waals surface area contributed by atoms with Gasteiger partial charge >= 0.3 is 0 Å². The summed E-state index contributed by atoms with van der Waals surface area (Å²) in [5, 5.41) is 5.25. The van der Waals surface area contributed by atoms with E-state index in [0.29, 0.717) is 28.6 Å². The van der Waals surface area contributed by atoms with Crippen LogP contribution in [0.5, 0.6) is 0 Å². The maximum atomic E-state index is 12.9. The normalized spacial score (nSPS) is 11.3. The summed E-state index contributed by atoms with van der Waals surface area (Å²) in [7, 11) is -3.77. The lowest BCUT2D eigenvalue weighted by atomic mass is 10.1. The molecule has 0 aliphatic carbocycles. The van der Waals surface area contributed by atoms with Crippen LogP contribution in [0.15, 0.2) is 101 Å². The molecule has 0 radical (unpaired) electrons. The molecule has 0 fully saturated rings. The number of anilines is 2. The van der Waals surface area contributed by atoms with Crippen LogP contribution in [0, 0.1) is 0 Å². The first kappa shape index (κ1) is 23.2. The summed E-state index contributed by atoms with van der Waals surface area (Å²) in [5.41, 5.74) is 1.06. The van der Waals surface area contributed by atoms with Crippen LogP contribution in [-0.4, -0.2) is 20.1 Å². The van der Waals surface area contributed by atoms with Crippen LogP contribution in [0.3, 0.4) is 0 Å². The average molecular weight is 497 g/mol. The van der Waals surface area contributed by atoms with E-state index in [1.807, 2.05) is 60.7 Å². The van der Waals surface area contributed by atoms with Crippen molar-refractivity contribution in [3.8, 4) is 0 Å². The fraction of sp³-hybridized carbons (Fsp3) is 0.0800. The lowest BCUT2D eigenvalue weighted by Gasteiger charge is -2.11. The number of hydrogen-bond donors (Lipinski definition) is 2. The molecule has 33 heavy (non-hydrogen) atoms. The Morgan fingerprint density at radius 1 is 0.848 bits per heavy atom. The van der Waals surface area contributed by atoms with Crippen molar-refractivity contribution >= 4 is 61.4 Å². The molecule has 2 N–H and O–H groups in total. The molecule has 0 unspecified atom stereocenters. The first-order valence-corrected chi connectivity index (χ1v) is 13.0. The van der Waals surface area contributed by atoms with E-state index in [1.54, 1.807) is 30.0 Å². The minimum Gasteiger partial charge on any atom is -0.326 e. The summed E-state index contributed by atoms with van der Waals surface area (Å²) >= 11 is 7.44. The van der Waals surface area contributed by atoms with Gasteiger partial charge in [-0.3, -0.25) is 9.52 Å². The van der Waals surface area contributed by atoms with Gasteiger partial charge in [0.25, 0.3) is 10.0 Å². The van der Waals surface area contributed by atoms with Crippen molar-refractivity contribution in [1.29, 1.82) is 0 Å². The Bertz CT molecular complexity index is 1370. The standard InChI is InChI=1S/C25H21ClN2O3S2/c26-19-8-12-21(13-9-19)32-17-16-25(29)27-20-10-14-22(15-11-20)33(30,31)28-24-7-3-5-18-4-1-2-6-23(18)24/h1-15,28H,16-17H2,(H,27,29). The minimum absolute atomic E-state index is 0.117. The smallest absolute Gasteiger partial charge is 0.261 e. The number of halogens is 1. The van der Waals surface area contributed by atoms with E-state index in [0.717, 1.165) is 15.7 Å². The monoisotopic (exact) mass is 496 g/mol. The zero-order valence-electron chi connectivity index (χ0n) is 17.5.